The smallest absolute Gasteiger partial charge is 0.212 e. The molecule has 3 nitrogen and oxygen atoms in total. The molecule has 0 aliphatic heterocycles. The average molecular weight is 315 g/mol. The molecule has 21 heavy (non-hydrogen) atoms. The first-order valence-corrected chi connectivity index (χ1v) is 7.67. The van der Waals surface area contributed by atoms with Crippen LogP contribution >= 0.6 is 0 Å². The second kappa shape index (κ2) is 6.28. The molecule has 0 radical (unpaired) electrons. The Morgan fingerprint density at radius 2 is 1.52 bits per heavy atom. The fourth-order valence-corrected chi connectivity index (χ4v) is 2.81. The van der Waals surface area contributed by atoms with E-state index >= 15 is 0 Å². The lowest BCUT2D eigenvalue weighted by Crippen LogP contribution is -2.25. The highest BCUT2D eigenvalue weighted by Crippen LogP contribution is 2.11. The van der Waals surface area contributed by atoms with Crippen molar-refractivity contribution in [1.29, 1.82) is 0 Å². The van der Waals surface area contributed by atoms with E-state index in [0.29, 0.717) is 11.6 Å². The van der Waals surface area contributed by atoms with Gasteiger partial charge in [0.05, 0.1) is 5.75 Å². The normalized spacial score (nSPS) is 11.6. The molecule has 0 amide bonds. The van der Waals surface area contributed by atoms with E-state index in [9.17, 15) is 21.6 Å². The largest absolute Gasteiger partial charge is 0.216 e. The third-order valence-corrected chi connectivity index (χ3v) is 4.07. The van der Waals surface area contributed by atoms with Crippen LogP contribution in [0, 0.1) is 17.5 Å². The Balaban J connectivity index is 2.02. The average Bonchev–Trinajstić information content (AvgIpc) is 2.40. The molecule has 1 N–H and O–H groups in total. The Morgan fingerprint density at radius 1 is 0.905 bits per heavy atom. The van der Waals surface area contributed by atoms with Gasteiger partial charge in [-0.25, -0.2) is 26.3 Å². The van der Waals surface area contributed by atoms with E-state index in [1.54, 1.807) is 0 Å². The minimum absolute atomic E-state index is 0.0408. The van der Waals surface area contributed by atoms with Crippen molar-refractivity contribution in [3.8, 4) is 0 Å². The van der Waals surface area contributed by atoms with Crippen LogP contribution in [-0.4, -0.2) is 8.42 Å². The van der Waals surface area contributed by atoms with Gasteiger partial charge in [-0.05, 0) is 23.8 Å². The third kappa shape index (κ3) is 4.57. The Hall–Kier alpha value is -1.86. The van der Waals surface area contributed by atoms with Gasteiger partial charge in [0.1, 0.15) is 17.5 Å². The fraction of sp³-hybridized carbons (Fsp3) is 0.143. The molecule has 0 heterocycles. The lowest BCUT2D eigenvalue weighted by atomic mass is 10.2. The summed E-state index contributed by atoms with van der Waals surface area (Å²) in [5.74, 6) is -2.36. The maximum atomic E-state index is 13.4. The highest BCUT2D eigenvalue weighted by atomic mass is 32.2. The monoisotopic (exact) mass is 315 g/mol. The number of rotatable bonds is 5. The summed E-state index contributed by atoms with van der Waals surface area (Å²) in [4.78, 5) is 0. The van der Waals surface area contributed by atoms with Crippen molar-refractivity contribution in [2.75, 3.05) is 0 Å². The molecule has 2 rings (SSSR count). The van der Waals surface area contributed by atoms with Crippen LogP contribution < -0.4 is 4.72 Å². The van der Waals surface area contributed by atoms with E-state index in [2.05, 4.69) is 4.72 Å². The summed E-state index contributed by atoms with van der Waals surface area (Å²) in [6.07, 6.45) is 0. The number of halogens is 3. The van der Waals surface area contributed by atoms with Crippen molar-refractivity contribution in [2.45, 2.75) is 12.3 Å². The molecule has 0 saturated heterocycles. The van der Waals surface area contributed by atoms with E-state index in [0.717, 1.165) is 18.2 Å². The quantitative estimate of drug-likeness (QED) is 0.922. The molecule has 0 aliphatic carbocycles. The summed E-state index contributed by atoms with van der Waals surface area (Å²) in [5.41, 5.74) is 0.447. The summed E-state index contributed by atoms with van der Waals surface area (Å²) >= 11 is 0. The standard InChI is InChI=1S/C14H12F3NO2S/c15-12-4-1-10(2-5-12)9-21(19,20)18-8-11-3-6-13(16)7-14(11)17/h1-7,18H,8-9H2. The number of hydrogen-bond acceptors (Lipinski definition) is 2. The molecular weight excluding hydrogens is 303 g/mol. The van der Waals surface area contributed by atoms with Gasteiger partial charge in [-0.3, -0.25) is 0 Å². The van der Waals surface area contributed by atoms with Crippen LogP contribution in [0.25, 0.3) is 0 Å². The second-order valence-corrected chi connectivity index (χ2v) is 6.25. The van der Waals surface area contributed by atoms with E-state index in [4.69, 9.17) is 0 Å². The first-order chi connectivity index (χ1) is 9.85. The molecule has 0 fully saturated rings. The molecule has 0 unspecified atom stereocenters. The minimum atomic E-state index is -3.71. The first kappa shape index (κ1) is 15.5. The third-order valence-electron chi connectivity index (χ3n) is 2.77. The Bertz CT molecular complexity index is 730. The maximum Gasteiger partial charge on any atom is 0.216 e. The topological polar surface area (TPSA) is 46.2 Å². The fourth-order valence-electron chi connectivity index (χ4n) is 1.70. The zero-order chi connectivity index (χ0) is 15.5. The highest BCUT2D eigenvalue weighted by Gasteiger charge is 2.13. The molecule has 0 saturated carbocycles. The molecule has 2 aromatic rings. The molecule has 2 aromatic carbocycles. The molecule has 112 valence electrons. The van der Waals surface area contributed by atoms with Crippen molar-refractivity contribution < 1.29 is 21.6 Å². The van der Waals surface area contributed by atoms with Crippen molar-refractivity contribution in [1.82, 2.24) is 4.72 Å². The van der Waals surface area contributed by atoms with Gasteiger partial charge in [0.25, 0.3) is 0 Å². The SMILES string of the molecule is O=S(=O)(Cc1ccc(F)cc1)NCc1ccc(F)cc1F. The van der Waals surface area contributed by atoms with Gasteiger partial charge in [-0.15, -0.1) is 0 Å². The van der Waals surface area contributed by atoms with Crippen LogP contribution in [0.4, 0.5) is 13.2 Å². The second-order valence-electron chi connectivity index (χ2n) is 4.44. The van der Waals surface area contributed by atoms with E-state index < -0.39 is 27.5 Å². The van der Waals surface area contributed by atoms with Gasteiger partial charge >= 0.3 is 0 Å². The van der Waals surface area contributed by atoms with Gasteiger partial charge < -0.3 is 0 Å². The summed E-state index contributed by atoms with van der Waals surface area (Å²) in [7, 11) is -3.71. The van der Waals surface area contributed by atoms with Crippen LogP contribution in [0.3, 0.4) is 0 Å². The van der Waals surface area contributed by atoms with Crippen LogP contribution in [0.1, 0.15) is 11.1 Å². The van der Waals surface area contributed by atoms with Gasteiger partial charge in [0.15, 0.2) is 0 Å². The first-order valence-electron chi connectivity index (χ1n) is 6.01. The van der Waals surface area contributed by atoms with Crippen LogP contribution in [-0.2, 0) is 22.3 Å². The maximum absolute atomic E-state index is 13.4. The molecule has 0 aliphatic rings. The molecule has 0 bridgehead atoms. The predicted molar refractivity (Wildman–Crippen MR) is 72.2 cm³/mol. The molecule has 7 heteroatoms. The summed E-state index contributed by atoms with van der Waals surface area (Å²) < 4.78 is 64.7. The minimum Gasteiger partial charge on any atom is -0.212 e. The zero-order valence-corrected chi connectivity index (χ0v) is 11.6. The van der Waals surface area contributed by atoms with E-state index in [1.165, 1.54) is 18.2 Å². The molecule has 0 spiro atoms. The number of nitrogens with one attached hydrogen (secondary N) is 1. The van der Waals surface area contributed by atoms with Crippen LogP contribution in [0.2, 0.25) is 0 Å². The predicted octanol–water partition coefficient (Wildman–Crippen LogP) is 2.72. The Morgan fingerprint density at radius 3 is 2.14 bits per heavy atom. The highest BCUT2D eigenvalue weighted by molar-refractivity contribution is 7.88. The van der Waals surface area contributed by atoms with Gasteiger partial charge in [-0.1, -0.05) is 18.2 Å². The van der Waals surface area contributed by atoms with Crippen LogP contribution in [0.5, 0.6) is 0 Å². The molecular formula is C14H12F3NO2S. The van der Waals surface area contributed by atoms with E-state index in [-0.39, 0.29) is 17.9 Å². The lowest BCUT2D eigenvalue weighted by molar-refractivity contribution is 0.562. The number of benzene rings is 2. The lowest BCUT2D eigenvalue weighted by Gasteiger charge is -2.08. The Kier molecular flexibility index (Phi) is 4.64. The van der Waals surface area contributed by atoms with Crippen molar-refractivity contribution in [2.24, 2.45) is 0 Å². The number of sulfonamides is 1. The van der Waals surface area contributed by atoms with Gasteiger partial charge in [0.2, 0.25) is 10.0 Å². The summed E-state index contributed by atoms with van der Waals surface area (Å²) in [6, 6.07) is 7.93. The molecule has 0 atom stereocenters. The van der Waals surface area contributed by atoms with Crippen molar-refractivity contribution in [3.63, 3.8) is 0 Å². The molecule has 0 aromatic heterocycles. The van der Waals surface area contributed by atoms with E-state index in [1.807, 2.05) is 0 Å². The van der Waals surface area contributed by atoms with Crippen LogP contribution in [0.15, 0.2) is 42.5 Å². The van der Waals surface area contributed by atoms with Gasteiger partial charge in [-0.2, -0.15) is 0 Å². The number of hydrogen-bond donors (Lipinski definition) is 1. The zero-order valence-electron chi connectivity index (χ0n) is 10.8. The Labute approximate surface area is 120 Å². The van der Waals surface area contributed by atoms with Crippen molar-refractivity contribution >= 4 is 10.0 Å². The summed E-state index contributed by atoms with van der Waals surface area (Å²) in [5, 5.41) is 0. The summed E-state index contributed by atoms with van der Waals surface area (Å²) in [6.45, 7) is -0.282. The van der Waals surface area contributed by atoms with Gasteiger partial charge in [0, 0.05) is 18.2 Å². The van der Waals surface area contributed by atoms with Crippen molar-refractivity contribution in [3.05, 3.63) is 71.0 Å².